The molecule has 1 fully saturated rings. The fourth-order valence-corrected chi connectivity index (χ4v) is 2.62. The summed E-state index contributed by atoms with van der Waals surface area (Å²) in [5.74, 6) is 1.62. The van der Waals surface area contributed by atoms with E-state index in [1.165, 1.54) is 0 Å². The number of nitrogens with two attached hydrogens (primary N) is 2. The largest absolute Gasteiger partial charge is 0.383 e. The van der Waals surface area contributed by atoms with Gasteiger partial charge in [0.25, 0.3) is 0 Å². The molecule has 0 radical (unpaired) electrons. The van der Waals surface area contributed by atoms with Gasteiger partial charge in [0.2, 0.25) is 5.95 Å². The molecule has 1 aromatic heterocycles. The van der Waals surface area contributed by atoms with E-state index in [1.807, 2.05) is 7.05 Å². The second-order valence-electron chi connectivity index (χ2n) is 6.14. The number of hydrogen-bond donors (Lipinski definition) is 3. The number of likely N-dealkylation sites (N-methyl/N-ethyl adjacent to an activating group) is 1. The molecule has 0 aromatic carbocycles. The van der Waals surface area contributed by atoms with Crippen LogP contribution < -0.4 is 21.7 Å². The molecule has 5 N–H and O–H groups in total. The van der Waals surface area contributed by atoms with Crippen molar-refractivity contribution in [1.29, 1.82) is 0 Å². The molecule has 2 rings (SSSR count). The van der Waals surface area contributed by atoms with Gasteiger partial charge in [-0.2, -0.15) is 9.97 Å². The summed E-state index contributed by atoms with van der Waals surface area (Å²) < 4.78 is 0. The summed E-state index contributed by atoms with van der Waals surface area (Å²) >= 11 is 0. The average Bonchev–Trinajstić information content (AvgIpc) is 2.74. The number of nitrogens with zero attached hydrogens (tertiary/aromatic N) is 3. The second-order valence-corrected chi connectivity index (χ2v) is 6.14. The maximum Gasteiger partial charge on any atom is 0.223 e. The Kier molecular flexibility index (Phi) is 3.54. The third-order valence-corrected chi connectivity index (χ3v) is 3.58. The highest BCUT2D eigenvalue weighted by Crippen LogP contribution is 2.36. The molecular weight excluding hydrogens is 240 g/mol. The zero-order chi connectivity index (χ0) is 14.2. The monoisotopic (exact) mass is 264 g/mol. The number of nitrogen functional groups attached to an aromatic ring is 2. The molecule has 0 saturated carbocycles. The number of nitrogens with one attached hydrogen (secondary N) is 1. The molecule has 1 aliphatic rings. The van der Waals surface area contributed by atoms with Gasteiger partial charge < -0.3 is 21.7 Å². The predicted octanol–water partition coefficient (Wildman–Crippen LogP) is 0.737. The second kappa shape index (κ2) is 4.85. The van der Waals surface area contributed by atoms with Gasteiger partial charge in [-0.15, -0.1) is 0 Å². The van der Waals surface area contributed by atoms with Crippen LogP contribution in [-0.4, -0.2) is 36.1 Å². The topological polar surface area (TPSA) is 93.1 Å². The first-order valence-electron chi connectivity index (χ1n) is 6.68. The van der Waals surface area contributed by atoms with Crippen LogP contribution in [0.3, 0.4) is 0 Å². The molecule has 0 spiro atoms. The maximum absolute atomic E-state index is 6.07. The predicted molar refractivity (Wildman–Crippen MR) is 79.2 cm³/mol. The van der Waals surface area contributed by atoms with E-state index in [0.717, 1.165) is 30.9 Å². The molecule has 6 heteroatoms. The van der Waals surface area contributed by atoms with Gasteiger partial charge in [0.15, 0.2) is 0 Å². The van der Waals surface area contributed by atoms with Crippen LogP contribution in [0.25, 0.3) is 0 Å². The molecule has 2 heterocycles. The SMILES string of the molecule is CN[C@@H]1CCN(c2nc(N)nc(N)c2C(C)(C)C)C1. The van der Waals surface area contributed by atoms with Gasteiger partial charge >= 0.3 is 0 Å². The standard InChI is InChI=1S/C13H24N6/c1-13(2,3)9-10(14)17-12(15)18-11(9)19-6-5-8(7-19)16-4/h8,16H,5-7H2,1-4H3,(H4,14,15,17,18)/t8-/m1/s1. The molecule has 1 saturated heterocycles. The van der Waals surface area contributed by atoms with Crippen LogP contribution in [0, 0.1) is 0 Å². The fourth-order valence-electron chi connectivity index (χ4n) is 2.62. The van der Waals surface area contributed by atoms with Gasteiger partial charge in [-0.1, -0.05) is 20.8 Å². The third kappa shape index (κ3) is 2.73. The van der Waals surface area contributed by atoms with E-state index in [4.69, 9.17) is 11.5 Å². The van der Waals surface area contributed by atoms with Crippen molar-refractivity contribution in [3.63, 3.8) is 0 Å². The van der Waals surface area contributed by atoms with Crippen LogP contribution in [0.5, 0.6) is 0 Å². The van der Waals surface area contributed by atoms with Crippen molar-refractivity contribution in [3.05, 3.63) is 5.56 Å². The summed E-state index contributed by atoms with van der Waals surface area (Å²) in [5, 5.41) is 3.30. The first-order valence-corrected chi connectivity index (χ1v) is 6.68. The van der Waals surface area contributed by atoms with Crippen LogP contribution in [0.15, 0.2) is 0 Å². The summed E-state index contributed by atoms with van der Waals surface area (Å²) in [5.41, 5.74) is 12.7. The Hall–Kier alpha value is -1.56. The average molecular weight is 264 g/mol. The molecular formula is C13H24N6. The smallest absolute Gasteiger partial charge is 0.223 e. The van der Waals surface area contributed by atoms with Gasteiger partial charge in [-0.05, 0) is 18.9 Å². The minimum Gasteiger partial charge on any atom is -0.383 e. The molecule has 1 aliphatic heterocycles. The Morgan fingerprint density at radius 3 is 2.47 bits per heavy atom. The summed E-state index contributed by atoms with van der Waals surface area (Å²) in [6, 6.07) is 0.491. The van der Waals surface area contributed by atoms with E-state index in [0.29, 0.717) is 11.9 Å². The van der Waals surface area contributed by atoms with E-state index >= 15 is 0 Å². The molecule has 6 nitrogen and oxygen atoms in total. The van der Waals surface area contributed by atoms with E-state index in [9.17, 15) is 0 Å². The van der Waals surface area contributed by atoms with Crippen molar-refractivity contribution in [1.82, 2.24) is 15.3 Å². The molecule has 0 aliphatic carbocycles. The Balaban J connectivity index is 2.44. The van der Waals surface area contributed by atoms with Gasteiger partial charge in [0.05, 0.1) is 0 Å². The minimum absolute atomic E-state index is 0.106. The molecule has 0 unspecified atom stereocenters. The van der Waals surface area contributed by atoms with Gasteiger partial charge in [-0.25, -0.2) is 0 Å². The lowest BCUT2D eigenvalue weighted by Gasteiger charge is -2.28. The highest BCUT2D eigenvalue weighted by atomic mass is 15.3. The van der Waals surface area contributed by atoms with Crippen LogP contribution in [0.4, 0.5) is 17.6 Å². The lowest BCUT2D eigenvalue weighted by atomic mass is 9.87. The molecule has 19 heavy (non-hydrogen) atoms. The van der Waals surface area contributed by atoms with Crippen LogP contribution >= 0.6 is 0 Å². The highest BCUT2D eigenvalue weighted by Gasteiger charge is 2.30. The number of anilines is 3. The quantitative estimate of drug-likeness (QED) is 0.729. The van der Waals surface area contributed by atoms with Crippen LogP contribution in [0.1, 0.15) is 32.8 Å². The fraction of sp³-hybridized carbons (Fsp3) is 0.692. The Bertz CT molecular complexity index is 465. The van der Waals surface area contributed by atoms with Crippen molar-refractivity contribution < 1.29 is 0 Å². The molecule has 106 valence electrons. The van der Waals surface area contributed by atoms with Crippen molar-refractivity contribution in [2.75, 3.05) is 36.5 Å². The summed E-state index contributed by atoms with van der Waals surface area (Å²) in [6.07, 6.45) is 1.10. The van der Waals surface area contributed by atoms with Gasteiger partial charge in [0.1, 0.15) is 11.6 Å². The summed E-state index contributed by atoms with van der Waals surface area (Å²) in [4.78, 5) is 10.8. The molecule has 0 bridgehead atoms. The molecule has 1 aromatic rings. The first-order chi connectivity index (χ1) is 8.82. The zero-order valence-corrected chi connectivity index (χ0v) is 12.2. The van der Waals surface area contributed by atoms with E-state index in [2.05, 4.69) is 41.0 Å². The number of rotatable bonds is 2. The van der Waals surface area contributed by atoms with Crippen molar-refractivity contribution >= 4 is 17.6 Å². The van der Waals surface area contributed by atoms with Crippen LogP contribution in [0.2, 0.25) is 0 Å². The van der Waals surface area contributed by atoms with Crippen LogP contribution in [-0.2, 0) is 5.41 Å². The molecule has 0 amide bonds. The normalized spacial score (nSPS) is 20.0. The van der Waals surface area contributed by atoms with Crippen molar-refractivity contribution in [2.45, 2.75) is 38.6 Å². The minimum atomic E-state index is -0.106. The zero-order valence-electron chi connectivity index (χ0n) is 12.2. The lowest BCUT2D eigenvalue weighted by Crippen LogP contribution is -2.32. The Morgan fingerprint density at radius 2 is 1.95 bits per heavy atom. The highest BCUT2D eigenvalue weighted by molar-refractivity contribution is 5.63. The number of aromatic nitrogens is 2. The lowest BCUT2D eigenvalue weighted by molar-refractivity contribution is 0.583. The molecule has 1 atom stereocenters. The van der Waals surface area contributed by atoms with Crippen molar-refractivity contribution in [3.8, 4) is 0 Å². The van der Waals surface area contributed by atoms with Crippen molar-refractivity contribution in [2.24, 2.45) is 0 Å². The van der Waals surface area contributed by atoms with Gasteiger partial charge in [-0.3, -0.25) is 0 Å². The van der Waals surface area contributed by atoms with Gasteiger partial charge in [0, 0.05) is 24.7 Å². The Morgan fingerprint density at radius 1 is 1.26 bits per heavy atom. The number of hydrogen-bond acceptors (Lipinski definition) is 6. The van der Waals surface area contributed by atoms with E-state index in [1.54, 1.807) is 0 Å². The summed E-state index contributed by atoms with van der Waals surface area (Å²) in [6.45, 7) is 8.24. The maximum atomic E-state index is 6.07. The van der Waals surface area contributed by atoms with E-state index in [-0.39, 0.29) is 11.4 Å². The Labute approximate surface area is 114 Å². The summed E-state index contributed by atoms with van der Waals surface area (Å²) in [7, 11) is 1.99. The van der Waals surface area contributed by atoms with E-state index < -0.39 is 0 Å². The first kappa shape index (κ1) is 13.9. The third-order valence-electron chi connectivity index (χ3n) is 3.58.